The first-order valence-corrected chi connectivity index (χ1v) is 8.91. The van der Waals surface area contributed by atoms with Crippen LogP contribution < -0.4 is 5.32 Å². The third kappa shape index (κ3) is 4.87. The minimum atomic E-state index is -1.13. The topological polar surface area (TPSA) is 96.7 Å². The molecule has 1 aliphatic heterocycles. The Labute approximate surface area is 161 Å². The molecule has 1 saturated heterocycles. The molecule has 9 heteroatoms. The molecule has 0 spiro atoms. The first-order chi connectivity index (χ1) is 13.5. The number of nitrogens with zero attached hydrogens (tertiary/aromatic N) is 4. The second-order valence-corrected chi connectivity index (χ2v) is 6.35. The van der Waals surface area contributed by atoms with Crippen LogP contribution in [0.2, 0.25) is 0 Å². The number of aliphatic imine (C=N–C) groups is 1. The van der Waals surface area contributed by atoms with Gasteiger partial charge in [-0.2, -0.15) is 0 Å². The lowest BCUT2D eigenvalue weighted by Crippen LogP contribution is -2.58. The van der Waals surface area contributed by atoms with Crippen molar-refractivity contribution in [3.8, 4) is 0 Å². The second kappa shape index (κ2) is 9.03. The van der Waals surface area contributed by atoms with Crippen LogP contribution in [0.5, 0.6) is 0 Å². The highest BCUT2D eigenvalue weighted by molar-refractivity contribution is 6.23. The van der Waals surface area contributed by atoms with E-state index in [-0.39, 0.29) is 12.4 Å². The number of hydrogen-bond acceptors (Lipinski definition) is 5. The van der Waals surface area contributed by atoms with Gasteiger partial charge in [0.15, 0.2) is 5.92 Å². The van der Waals surface area contributed by atoms with E-state index in [1.54, 1.807) is 24.7 Å². The number of carbonyl (C=O) groups excluding carboxylic acids is 3. The number of rotatable bonds is 8. The number of benzene rings is 1. The predicted octanol–water partition coefficient (Wildman–Crippen LogP) is 1.42. The molecule has 8 nitrogen and oxygen atoms in total. The smallest absolute Gasteiger partial charge is 0.330 e. The Hall–Kier alpha value is -3.36. The van der Waals surface area contributed by atoms with Crippen LogP contribution in [0, 0.1) is 11.7 Å². The fraction of sp³-hybridized carbons (Fsp3) is 0.316. The van der Waals surface area contributed by atoms with E-state index in [0.717, 1.165) is 23.4 Å². The van der Waals surface area contributed by atoms with Gasteiger partial charge < -0.3 is 4.57 Å². The summed E-state index contributed by atoms with van der Waals surface area (Å²) < 4.78 is 14.9. The first-order valence-electron chi connectivity index (χ1n) is 8.91. The molecule has 0 bridgehead atoms. The van der Waals surface area contributed by atoms with Crippen LogP contribution in [-0.4, -0.2) is 51.6 Å². The molecule has 1 aliphatic rings. The van der Waals surface area contributed by atoms with Gasteiger partial charge >= 0.3 is 6.03 Å². The minimum absolute atomic E-state index is 0.0918. The zero-order valence-electron chi connectivity index (χ0n) is 15.1. The predicted molar refractivity (Wildman–Crippen MR) is 99.0 cm³/mol. The molecule has 1 aromatic carbocycles. The molecule has 1 atom stereocenters. The lowest BCUT2D eigenvalue weighted by Gasteiger charge is -2.28. The normalized spacial score (nSPS) is 17.4. The number of barbiturate groups is 1. The molecular weight excluding hydrogens is 365 g/mol. The van der Waals surface area contributed by atoms with Gasteiger partial charge in [-0.1, -0.05) is 12.1 Å². The molecule has 28 heavy (non-hydrogen) atoms. The Morgan fingerprint density at radius 3 is 2.68 bits per heavy atom. The van der Waals surface area contributed by atoms with Crippen LogP contribution >= 0.6 is 0 Å². The van der Waals surface area contributed by atoms with Gasteiger partial charge in [0.25, 0.3) is 0 Å². The van der Waals surface area contributed by atoms with Crippen LogP contribution in [0.25, 0.3) is 0 Å². The molecule has 4 amide bonds. The Bertz CT molecular complexity index is 864. The van der Waals surface area contributed by atoms with Crippen molar-refractivity contribution in [2.45, 2.75) is 19.4 Å². The van der Waals surface area contributed by atoms with Crippen molar-refractivity contribution in [1.29, 1.82) is 0 Å². The number of urea groups is 1. The zero-order valence-corrected chi connectivity index (χ0v) is 15.1. The van der Waals surface area contributed by atoms with E-state index in [1.807, 2.05) is 10.8 Å². The molecule has 1 fully saturated rings. The van der Waals surface area contributed by atoms with E-state index in [4.69, 9.17) is 0 Å². The van der Waals surface area contributed by atoms with Gasteiger partial charge in [0.1, 0.15) is 5.82 Å². The van der Waals surface area contributed by atoms with Gasteiger partial charge in [0.05, 0.1) is 6.33 Å². The summed E-state index contributed by atoms with van der Waals surface area (Å²) >= 11 is 0. The van der Waals surface area contributed by atoms with Crippen molar-refractivity contribution in [1.82, 2.24) is 19.8 Å². The monoisotopic (exact) mass is 385 g/mol. The summed E-state index contributed by atoms with van der Waals surface area (Å²) in [7, 11) is 0. The average molecular weight is 385 g/mol. The summed E-state index contributed by atoms with van der Waals surface area (Å²) in [6.45, 7) is 1.26. The van der Waals surface area contributed by atoms with Crippen molar-refractivity contribution >= 4 is 24.1 Å². The lowest BCUT2D eigenvalue weighted by molar-refractivity contribution is -0.139. The van der Waals surface area contributed by atoms with Crippen LogP contribution in [-0.2, 0) is 22.6 Å². The lowest BCUT2D eigenvalue weighted by atomic mass is 10.1. The number of amides is 4. The number of hydrogen-bond donors (Lipinski definition) is 1. The fourth-order valence-electron chi connectivity index (χ4n) is 2.81. The maximum absolute atomic E-state index is 13.0. The van der Waals surface area contributed by atoms with Crippen LogP contribution in [0.4, 0.5) is 9.18 Å². The zero-order chi connectivity index (χ0) is 19.9. The molecule has 0 saturated carbocycles. The molecule has 146 valence electrons. The molecule has 0 aliphatic carbocycles. The number of carbonyl (C=O) groups is 3. The number of imidazole rings is 1. The summed E-state index contributed by atoms with van der Waals surface area (Å²) in [5.41, 5.74) is 0.781. The van der Waals surface area contributed by atoms with Gasteiger partial charge in [0.2, 0.25) is 11.8 Å². The van der Waals surface area contributed by atoms with Gasteiger partial charge in [-0.15, -0.1) is 0 Å². The SMILES string of the molecule is O=C1NC(=O)N(CCc2ccc(F)cc2)C(=O)[C@H]1C=NCCCn1ccnc1. The second-order valence-electron chi connectivity index (χ2n) is 6.35. The summed E-state index contributed by atoms with van der Waals surface area (Å²) in [5.74, 6) is -2.76. The fourth-order valence-corrected chi connectivity index (χ4v) is 2.81. The maximum Gasteiger partial charge on any atom is 0.330 e. The van der Waals surface area contributed by atoms with Crippen molar-refractivity contribution in [2.24, 2.45) is 10.9 Å². The van der Waals surface area contributed by atoms with E-state index in [0.29, 0.717) is 13.0 Å². The highest BCUT2D eigenvalue weighted by Crippen LogP contribution is 2.11. The number of imide groups is 2. The molecule has 0 unspecified atom stereocenters. The number of nitrogens with one attached hydrogen (secondary N) is 1. The first kappa shape index (κ1) is 19.4. The Kier molecular flexibility index (Phi) is 6.25. The van der Waals surface area contributed by atoms with Crippen LogP contribution in [0.15, 0.2) is 48.0 Å². The Morgan fingerprint density at radius 1 is 1.18 bits per heavy atom. The third-order valence-electron chi connectivity index (χ3n) is 4.34. The molecule has 0 radical (unpaired) electrons. The van der Waals surface area contributed by atoms with E-state index in [2.05, 4.69) is 15.3 Å². The van der Waals surface area contributed by atoms with Gasteiger partial charge in [-0.25, -0.2) is 14.2 Å². The van der Waals surface area contributed by atoms with Crippen molar-refractivity contribution in [3.05, 3.63) is 54.4 Å². The van der Waals surface area contributed by atoms with Gasteiger partial charge in [0, 0.05) is 38.2 Å². The Balaban J connectivity index is 1.54. The molecule has 3 rings (SSSR count). The van der Waals surface area contributed by atoms with E-state index >= 15 is 0 Å². The summed E-state index contributed by atoms with van der Waals surface area (Å²) in [5, 5.41) is 2.18. The van der Waals surface area contributed by atoms with E-state index in [1.165, 1.54) is 18.3 Å². The quantitative estimate of drug-likeness (QED) is 0.422. The number of aromatic nitrogens is 2. The molecule has 1 N–H and O–H groups in total. The highest BCUT2D eigenvalue weighted by Gasteiger charge is 2.39. The van der Waals surface area contributed by atoms with Crippen molar-refractivity contribution in [3.63, 3.8) is 0 Å². The van der Waals surface area contributed by atoms with Gasteiger partial charge in [-0.05, 0) is 30.5 Å². The van der Waals surface area contributed by atoms with E-state index in [9.17, 15) is 18.8 Å². The van der Waals surface area contributed by atoms with Gasteiger partial charge in [-0.3, -0.25) is 24.8 Å². The number of halogens is 1. The summed E-state index contributed by atoms with van der Waals surface area (Å²) in [6.07, 6.45) is 7.61. The van der Waals surface area contributed by atoms with Crippen molar-refractivity contribution < 1.29 is 18.8 Å². The third-order valence-corrected chi connectivity index (χ3v) is 4.34. The molecule has 2 aromatic rings. The van der Waals surface area contributed by atoms with Crippen molar-refractivity contribution in [2.75, 3.05) is 13.1 Å². The Morgan fingerprint density at radius 2 is 1.96 bits per heavy atom. The molecule has 1 aromatic heterocycles. The largest absolute Gasteiger partial charge is 0.337 e. The average Bonchev–Trinajstić information content (AvgIpc) is 3.18. The van der Waals surface area contributed by atoms with Crippen LogP contribution in [0.1, 0.15) is 12.0 Å². The van der Waals surface area contributed by atoms with Crippen LogP contribution in [0.3, 0.4) is 0 Å². The summed E-state index contributed by atoms with van der Waals surface area (Å²) in [4.78, 5) is 45.7. The summed E-state index contributed by atoms with van der Waals surface area (Å²) in [6, 6.07) is 5.06. The highest BCUT2D eigenvalue weighted by atomic mass is 19.1. The molecule has 2 heterocycles. The molecular formula is C19H20FN5O3. The standard InChI is InChI=1S/C19H20FN5O3/c20-15-4-2-14(3-5-15)6-10-25-18(27)16(17(26)23-19(25)28)12-21-7-1-9-24-11-8-22-13-24/h2-5,8,11-13,16H,1,6-7,9-10H2,(H,23,26,28)/t16-/m0/s1. The number of aryl methyl sites for hydroxylation is 1. The van der Waals surface area contributed by atoms with E-state index < -0.39 is 23.8 Å². The minimum Gasteiger partial charge on any atom is -0.337 e. The maximum atomic E-state index is 13.0.